The Labute approximate surface area is 592 Å². The van der Waals surface area contributed by atoms with Crippen LogP contribution in [-0.4, -0.2) is 192 Å². The number of fused-ring (bicyclic) bond motifs is 16. The van der Waals surface area contributed by atoms with E-state index in [2.05, 4.69) is 37.2 Å². The number of carboxylic acids is 1. The number of aliphatic hydroxyl groups is 6. The summed E-state index contributed by atoms with van der Waals surface area (Å²) in [7, 11) is 3.06. The van der Waals surface area contributed by atoms with Crippen LogP contribution in [0.5, 0.6) is 46.0 Å². The molecule has 2 unspecified atom stereocenters. The average Bonchev–Trinajstić information content (AvgIpc) is 0.763. The van der Waals surface area contributed by atoms with Crippen LogP contribution in [0, 0.1) is 11.8 Å². The molecule has 11 rings (SSSR count). The molecular weight excluding hydrogens is 1380 g/mol. The molecule has 21 N–H and O–H groups in total. The van der Waals surface area contributed by atoms with Gasteiger partial charge in [0.25, 0.3) is 0 Å². The minimum absolute atomic E-state index is 0.0872. The van der Waals surface area contributed by atoms with E-state index >= 15 is 9.59 Å². The number of hydrogen-bond donors (Lipinski definition) is 19. The number of rotatable bonds is 14. The van der Waals surface area contributed by atoms with Gasteiger partial charge < -0.3 is 123 Å². The molecule has 6 heterocycles. The molecule has 5 aromatic carbocycles. The fourth-order valence-electron chi connectivity index (χ4n) is 12.9. The van der Waals surface area contributed by atoms with Crippen molar-refractivity contribution >= 4 is 70.4 Å². The number of ether oxygens (including phenoxy) is 5. The monoisotopic (exact) mass is 1460 g/mol. The lowest BCUT2D eigenvalue weighted by molar-refractivity contribution is -0.293. The Morgan fingerprint density at radius 1 is 0.725 bits per heavy atom. The van der Waals surface area contributed by atoms with Crippen molar-refractivity contribution in [1.82, 2.24) is 37.2 Å². The number of aliphatic carboxylic acids is 1. The van der Waals surface area contributed by atoms with Gasteiger partial charge in [0, 0.05) is 28.3 Å². The molecule has 550 valence electrons. The number of carbonyl (C=O) groups is 8. The second-order valence-corrected chi connectivity index (χ2v) is 26.9. The number of hydrogen-bond acceptors (Lipinski definition) is 25. The average molecular weight is 1460 g/mol. The van der Waals surface area contributed by atoms with E-state index < -0.39 is 231 Å². The number of amides is 6. The van der Waals surface area contributed by atoms with Crippen LogP contribution in [0.1, 0.15) is 112 Å². The van der Waals surface area contributed by atoms with Crippen LogP contribution in [0.2, 0.25) is 10.0 Å². The van der Waals surface area contributed by atoms with E-state index in [0.29, 0.717) is 0 Å². The van der Waals surface area contributed by atoms with Gasteiger partial charge in [0.1, 0.15) is 83.4 Å². The molecular formula is C68H81Cl2N9O23. The Balaban J connectivity index is 1.34. The molecule has 0 saturated carbocycles. The summed E-state index contributed by atoms with van der Waals surface area (Å²) in [5, 5.41) is 132. The number of benzene rings is 5. The highest BCUT2D eigenvalue weighted by molar-refractivity contribution is 6.32. The standard InChI is InChI=1S/C68H81Cl2N9O23/c1-25(2)14-37(73-6)61(91)79-54-56(87)30-10-13-42(36(70)17-30)100-44-19-31-18-43(59(44)102-67-49(58(89)57(88)46(24-80)101-67)45-23-68(5,74-7)60(90)27(4)98-45)99-41-12-9-29(16-35(41)69)55(86)50(72)63(93)78-53(66(96)97)34-20-32(82)21-40(84)48(34)33-15-28(8-11-39(33)83)51(26(3)81)76-64(94)52(31)77-62(92)38(22-47(71)85)75-65(54)95/h8-13,15-21,25,27,37-38,45-46,49-58,60,67,73-74,80,82-84,86-90H,14,22-24,72H2,1-7H3,(H2,71,85)(H,75,95)(H,76,94)(H,77,92)(H,78,93)(H,79,91)(H,96,97)/t27-,37+,38-,45?,46+,49+,50-,51-,52+,53-,54?,55+,56+,57+,58+,60+,67-,68-/m0/s1. The number of likely N-dealkylation sites (N-methyl/N-ethyl adjacent to an activating group) is 2. The number of Topliss-reactive ketones (excluding diaryl/α,β-unsaturated/α-hetero) is 1. The van der Waals surface area contributed by atoms with Gasteiger partial charge in [-0.05, 0) is 130 Å². The van der Waals surface area contributed by atoms with E-state index in [-0.39, 0.29) is 52.0 Å². The Kier molecular flexibility index (Phi) is 24.0. The molecule has 6 amide bonds. The molecule has 6 aliphatic heterocycles. The minimum Gasteiger partial charge on any atom is -0.508 e. The van der Waals surface area contributed by atoms with Crippen molar-refractivity contribution in [1.29, 1.82) is 0 Å². The second-order valence-electron chi connectivity index (χ2n) is 26.1. The Bertz CT molecular complexity index is 4060. The molecule has 102 heavy (non-hydrogen) atoms. The van der Waals surface area contributed by atoms with Crippen LogP contribution < -0.4 is 62.9 Å². The van der Waals surface area contributed by atoms with E-state index in [1.807, 2.05) is 13.8 Å². The Morgan fingerprint density at radius 2 is 1.33 bits per heavy atom. The first-order chi connectivity index (χ1) is 48.1. The van der Waals surface area contributed by atoms with Crippen LogP contribution in [0.4, 0.5) is 0 Å². The summed E-state index contributed by atoms with van der Waals surface area (Å²) in [5.41, 5.74) is 8.26. The van der Waals surface area contributed by atoms with E-state index in [4.69, 9.17) is 58.4 Å². The van der Waals surface area contributed by atoms with Crippen molar-refractivity contribution in [3.8, 4) is 57.1 Å². The Morgan fingerprint density at radius 3 is 1.89 bits per heavy atom. The second kappa shape index (κ2) is 31.7. The predicted molar refractivity (Wildman–Crippen MR) is 360 cm³/mol. The van der Waals surface area contributed by atoms with E-state index in [1.54, 1.807) is 20.9 Å². The highest BCUT2D eigenvalue weighted by atomic mass is 35.5. The van der Waals surface area contributed by atoms with Crippen LogP contribution in [-0.2, 0) is 47.8 Å². The number of aromatic hydroxyl groups is 3. The lowest BCUT2D eigenvalue weighted by Gasteiger charge is -2.51. The molecule has 5 aromatic rings. The van der Waals surface area contributed by atoms with Gasteiger partial charge in [-0.2, -0.15) is 0 Å². The largest absolute Gasteiger partial charge is 0.508 e. The van der Waals surface area contributed by atoms with Crippen molar-refractivity contribution in [2.24, 2.45) is 23.3 Å². The van der Waals surface area contributed by atoms with Gasteiger partial charge in [0.2, 0.25) is 47.5 Å². The Hall–Kier alpha value is -9.00. The number of primary amides is 1. The summed E-state index contributed by atoms with van der Waals surface area (Å²) in [6, 6.07) is 0.251. The molecule has 0 aliphatic carbocycles. The summed E-state index contributed by atoms with van der Waals surface area (Å²) in [6.45, 7) is 6.95. The van der Waals surface area contributed by atoms with E-state index in [0.717, 1.165) is 73.7 Å². The third-order valence-corrected chi connectivity index (χ3v) is 19.1. The molecule has 2 saturated heterocycles. The maximum Gasteiger partial charge on any atom is 0.330 e. The summed E-state index contributed by atoms with van der Waals surface area (Å²) in [5.74, 6) is -16.6. The molecule has 6 aliphatic rings. The first kappa shape index (κ1) is 77.2. The number of nitrogens with one attached hydrogen (secondary N) is 7. The molecule has 0 radical (unpaired) electrons. The normalized spacial score (nSPS) is 28.9. The topological polar surface area (TPSA) is 521 Å². The van der Waals surface area contributed by atoms with Crippen molar-refractivity contribution in [3.05, 3.63) is 117 Å². The van der Waals surface area contributed by atoms with Gasteiger partial charge in [-0.3, -0.25) is 33.6 Å². The van der Waals surface area contributed by atoms with Crippen molar-refractivity contribution in [3.63, 3.8) is 0 Å². The molecule has 0 spiro atoms. The smallest absolute Gasteiger partial charge is 0.330 e. The lowest BCUT2D eigenvalue weighted by atomic mass is 9.76. The minimum atomic E-state index is -2.27. The summed E-state index contributed by atoms with van der Waals surface area (Å²) in [6.07, 6.45) is -15.5. The molecule has 32 nitrogen and oxygen atoms in total. The van der Waals surface area contributed by atoms with Gasteiger partial charge in [-0.25, -0.2) is 4.79 Å². The summed E-state index contributed by atoms with van der Waals surface area (Å²) in [4.78, 5) is 115. The van der Waals surface area contributed by atoms with Crippen LogP contribution in [0.3, 0.4) is 0 Å². The van der Waals surface area contributed by atoms with Crippen molar-refractivity contribution in [2.45, 2.75) is 157 Å². The van der Waals surface area contributed by atoms with Crippen LogP contribution in [0.15, 0.2) is 78.9 Å². The van der Waals surface area contributed by atoms with Crippen molar-refractivity contribution in [2.75, 3.05) is 20.7 Å². The third kappa shape index (κ3) is 16.4. The van der Waals surface area contributed by atoms with Gasteiger partial charge in [-0.1, -0.05) is 55.2 Å². The number of aliphatic hydroxyl groups excluding tert-OH is 6. The number of nitrogens with two attached hydrogens (primary N) is 2. The predicted octanol–water partition coefficient (Wildman–Crippen LogP) is 1.06. The number of ketones is 1. The SMILES string of the molecule is CN[C@H](CC(C)C)C(=O)NC1C(=O)N[C@@H](CC(N)=O)C(=O)N[C@H]2C(=O)N[C@@H](C(C)=O)c3ccc(O)c(c3)-c3c(O)cc(O)cc3[C@@H](C(=O)O)NC(=O)[C@@H](N)[C@H](O)c3ccc(c(Cl)c3)Oc3cc2cc(c3O[C@@H]2O[C@H](CO)[C@@H](O)[C@H](O)[C@H]2C2C[C@](C)(NC)[C@H](O)[C@H](C)O2)Oc2ccc(cc2Cl)[C@H]1O. The number of phenolic OH excluding ortho intramolecular Hbond substituents is 3. The number of carbonyl (C=O) groups excluding carboxylic acids is 7. The first-order valence-corrected chi connectivity index (χ1v) is 33.0. The van der Waals surface area contributed by atoms with Gasteiger partial charge in [-0.15, -0.1) is 0 Å². The molecule has 34 heteroatoms. The summed E-state index contributed by atoms with van der Waals surface area (Å²) >= 11 is 14.1. The number of halogens is 2. The fourth-order valence-corrected chi connectivity index (χ4v) is 13.3. The quantitative estimate of drug-likeness (QED) is 0.0739. The molecule has 2 fully saturated rings. The number of phenols is 3. The first-order valence-electron chi connectivity index (χ1n) is 32.2. The zero-order valence-corrected chi connectivity index (χ0v) is 57.4. The molecule has 18 atom stereocenters. The van der Waals surface area contributed by atoms with Gasteiger partial charge in [0.15, 0.2) is 23.3 Å². The molecule has 9 bridgehead atoms. The van der Waals surface area contributed by atoms with Gasteiger partial charge in [0.05, 0.1) is 59.4 Å². The zero-order chi connectivity index (χ0) is 74.8. The van der Waals surface area contributed by atoms with Crippen LogP contribution >= 0.6 is 23.2 Å². The highest BCUT2D eigenvalue weighted by Crippen LogP contribution is 2.50. The zero-order valence-electron chi connectivity index (χ0n) is 55.9. The molecule has 0 aromatic heterocycles. The van der Waals surface area contributed by atoms with Gasteiger partial charge >= 0.3 is 5.97 Å². The van der Waals surface area contributed by atoms with Crippen LogP contribution in [0.25, 0.3) is 11.1 Å². The van der Waals surface area contributed by atoms with E-state index in [1.165, 1.54) is 19.2 Å². The van der Waals surface area contributed by atoms with E-state index in [9.17, 15) is 79.8 Å². The fraction of sp³-hybridized carbons (Fsp3) is 0.441. The number of carboxylic acid groups (broad SMARTS) is 1. The summed E-state index contributed by atoms with van der Waals surface area (Å²) < 4.78 is 32.8. The van der Waals surface area contributed by atoms with Crippen molar-refractivity contribution < 1.29 is 113 Å². The highest BCUT2D eigenvalue weighted by Gasteiger charge is 2.55. The lowest BCUT2D eigenvalue weighted by Crippen LogP contribution is -2.67. The maximum atomic E-state index is 15.9. The maximum absolute atomic E-state index is 15.9. The third-order valence-electron chi connectivity index (χ3n) is 18.5.